The van der Waals surface area contributed by atoms with Crippen LogP contribution in [-0.2, 0) is 23.6 Å². The molecule has 0 radical (unpaired) electrons. The summed E-state index contributed by atoms with van der Waals surface area (Å²) in [6.45, 7) is 12.7. The zero-order chi connectivity index (χ0) is 28.8. The highest BCUT2D eigenvalue weighted by Gasteiger charge is 2.68. The molecular formula is C28H42BN5O6. The maximum Gasteiger partial charge on any atom is 0.481 e. The molecule has 12 heteroatoms. The van der Waals surface area contributed by atoms with Crippen molar-refractivity contribution in [2.45, 2.75) is 83.9 Å². The van der Waals surface area contributed by atoms with Crippen LogP contribution in [0, 0.1) is 23.2 Å². The molecule has 6 atom stereocenters. The Kier molecular flexibility index (Phi) is 7.97. The van der Waals surface area contributed by atoms with Crippen LogP contribution in [0.4, 0.5) is 0 Å². The Labute approximate surface area is 236 Å². The average molecular weight is 555 g/mol. The summed E-state index contributed by atoms with van der Waals surface area (Å²) >= 11 is 0. The Morgan fingerprint density at radius 1 is 1.15 bits per heavy atom. The minimum absolute atomic E-state index is 0.0269. The van der Waals surface area contributed by atoms with Gasteiger partial charge >= 0.3 is 7.12 Å². The van der Waals surface area contributed by atoms with Crippen molar-refractivity contribution in [2.24, 2.45) is 28.9 Å². The zero-order valence-electron chi connectivity index (χ0n) is 24.2. The summed E-state index contributed by atoms with van der Waals surface area (Å²) in [6, 6.07) is 0. The quantitative estimate of drug-likeness (QED) is 0.438. The average Bonchev–Trinajstić information content (AvgIpc) is 3.28. The van der Waals surface area contributed by atoms with E-state index >= 15 is 0 Å². The number of nitrogens with one attached hydrogen (secondary N) is 1. The molecule has 0 spiro atoms. The molecule has 3 amide bonds. The van der Waals surface area contributed by atoms with Crippen LogP contribution in [0.3, 0.4) is 0 Å². The summed E-state index contributed by atoms with van der Waals surface area (Å²) in [5.74, 6) is -1.75. The molecule has 3 saturated carbocycles. The SMILES string of the molecule is CC(C)C[C@H](NC(=O)[C@H](CC(=O)N1CCOCC1)c1nccnc1C(N)=O)B1O[C@@H]2C[C@@H]3C[C@@H](C3(C)C)[C@]2(C)O1. The minimum Gasteiger partial charge on any atom is -0.404 e. The van der Waals surface area contributed by atoms with E-state index in [0.717, 1.165) is 12.8 Å². The topological polar surface area (TPSA) is 146 Å². The number of aromatic nitrogens is 2. The first kappa shape index (κ1) is 28.9. The van der Waals surface area contributed by atoms with Crippen LogP contribution >= 0.6 is 0 Å². The Morgan fingerprint density at radius 2 is 1.85 bits per heavy atom. The molecule has 11 nitrogen and oxygen atoms in total. The van der Waals surface area contributed by atoms with Crippen molar-refractivity contribution in [3.63, 3.8) is 0 Å². The normalized spacial score (nSPS) is 30.3. The van der Waals surface area contributed by atoms with Crippen molar-refractivity contribution in [2.75, 3.05) is 26.3 Å². The molecule has 5 fully saturated rings. The summed E-state index contributed by atoms with van der Waals surface area (Å²) in [5, 5.41) is 3.14. The van der Waals surface area contributed by atoms with Crippen LogP contribution in [0.25, 0.3) is 0 Å². The van der Waals surface area contributed by atoms with E-state index in [0.29, 0.717) is 44.6 Å². The Hall–Kier alpha value is -2.57. The van der Waals surface area contributed by atoms with Crippen LogP contribution in [0.15, 0.2) is 12.4 Å². The van der Waals surface area contributed by atoms with E-state index in [2.05, 4.69) is 49.9 Å². The van der Waals surface area contributed by atoms with Gasteiger partial charge in [-0.3, -0.25) is 19.4 Å². The third-order valence-electron chi connectivity index (χ3n) is 9.70. The highest BCUT2D eigenvalue weighted by molar-refractivity contribution is 6.48. The molecule has 2 saturated heterocycles. The summed E-state index contributed by atoms with van der Waals surface area (Å²) in [7, 11) is -0.621. The number of hydrogen-bond donors (Lipinski definition) is 2. The van der Waals surface area contributed by atoms with Crippen molar-refractivity contribution in [3.05, 3.63) is 23.8 Å². The molecule has 1 aromatic heterocycles. The highest BCUT2D eigenvalue weighted by Crippen LogP contribution is 2.65. The van der Waals surface area contributed by atoms with E-state index in [-0.39, 0.29) is 41.2 Å². The summed E-state index contributed by atoms with van der Waals surface area (Å²) in [5.41, 5.74) is 5.34. The first-order chi connectivity index (χ1) is 18.9. The van der Waals surface area contributed by atoms with Gasteiger partial charge in [0, 0.05) is 31.9 Å². The fraction of sp³-hybridized carbons (Fsp3) is 0.750. The van der Waals surface area contributed by atoms with E-state index < -0.39 is 36.4 Å². The number of carbonyl (C=O) groups excluding carboxylic acids is 3. The van der Waals surface area contributed by atoms with Crippen LogP contribution in [0.2, 0.25) is 0 Å². The summed E-state index contributed by atoms with van der Waals surface area (Å²) < 4.78 is 18.6. The van der Waals surface area contributed by atoms with E-state index in [1.165, 1.54) is 12.4 Å². The third-order valence-corrected chi connectivity index (χ3v) is 9.70. The van der Waals surface area contributed by atoms with Gasteiger partial charge in [0.1, 0.15) is 5.69 Å². The lowest BCUT2D eigenvalue weighted by Gasteiger charge is -2.64. The van der Waals surface area contributed by atoms with Crippen molar-refractivity contribution < 1.29 is 28.4 Å². The van der Waals surface area contributed by atoms with E-state index in [9.17, 15) is 14.4 Å². The van der Waals surface area contributed by atoms with Gasteiger partial charge in [0.05, 0.1) is 42.5 Å². The Bertz CT molecular complexity index is 1140. The van der Waals surface area contributed by atoms with Crippen molar-refractivity contribution in [3.8, 4) is 0 Å². The third kappa shape index (κ3) is 5.25. The second-order valence-electron chi connectivity index (χ2n) is 13.0. The van der Waals surface area contributed by atoms with Gasteiger partial charge in [-0.05, 0) is 49.4 Å². The molecule has 2 bridgehead atoms. The minimum atomic E-state index is -1.06. The van der Waals surface area contributed by atoms with Crippen molar-refractivity contribution in [1.82, 2.24) is 20.2 Å². The molecular weight excluding hydrogens is 513 g/mol. The predicted molar refractivity (Wildman–Crippen MR) is 147 cm³/mol. The maximum absolute atomic E-state index is 14.0. The first-order valence-corrected chi connectivity index (χ1v) is 14.5. The number of nitrogens with two attached hydrogens (primary N) is 1. The van der Waals surface area contributed by atoms with Crippen molar-refractivity contribution in [1.29, 1.82) is 0 Å². The molecule has 3 N–H and O–H groups in total. The van der Waals surface area contributed by atoms with Crippen LogP contribution in [-0.4, -0.2) is 83.7 Å². The van der Waals surface area contributed by atoms with Gasteiger partial charge in [-0.1, -0.05) is 27.7 Å². The number of carbonyl (C=O) groups is 3. The van der Waals surface area contributed by atoms with Crippen molar-refractivity contribution >= 4 is 24.8 Å². The second-order valence-corrected chi connectivity index (χ2v) is 13.0. The Balaban J connectivity index is 1.39. The molecule has 1 aromatic rings. The van der Waals surface area contributed by atoms with Crippen LogP contribution in [0.5, 0.6) is 0 Å². The van der Waals surface area contributed by atoms with Gasteiger partial charge in [0.25, 0.3) is 5.91 Å². The molecule has 218 valence electrons. The summed E-state index contributed by atoms with van der Waals surface area (Å²) in [4.78, 5) is 49.6. The lowest BCUT2D eigenvalue weighted by atomic mass is 9.43. The number of ether oxygens (including phenoxy) is 1. The maximum atomic E-state index is 14.0. The number of hydrogen-bond acceptors (Lipinski definition) is 8. The number of nitrogens with zero attached hydrogens (tertiary/aromatic N) is 3. The zero-order valence-corrected chi connectivity index (χ0v) is 24.2. The monoisotopic (exact) mass is 555 g/mol. The fourth-order valence-electron chi connectivity index (χ4n) is 7.32. The van der Waals surface area contributed by atoms with Gasteiger partial charge < -0.3 is 30.0 Å². The first-order valence-electron chi connectivity index (χ1n) is 14.5. The largest absolute Gasteiger partial charge is 0.481 e. The van der Waals surface area contributed by atoms with Crippen LogP contribution in [0.1, 0.15) is 82.4 Å². The Morgan fingerprint density at radius 3 is 2.50 bits per heavy atom. The fourth-order valence-corrected chi connectivity index (χ4v) is 7.32. The molecule has 0 aromatic carbocycles. The molecule has 0 unspecified atom stereocenters. The number of amides is 3. The molecule has 3 aliphatic carbocycles. The van der Waals surface area contributed by atoms with Gasteiger partial charge in [-0.25, -0.2) is 4.98 Å². The van der Waals surface area contributed by atoms with E-state index in [1.807, 2.05) is 0 Å². The van der Waals surface area contributed by atoms with Gasteiger partial charge in [-0.15, -0.1) is 0 Å². The summed E-state index contributed by atoms with van der Waals surface area (Å²) in [6.07, 6.45) is 5.23. The smallest absolute Gasteiger partial charge is 0.404 e. The lowest BCUT2D eigenvalue weighted by molar-refractivity contribution is -0.199. The molecule has 5 aliphatic rings. The lowest BCUT2D eigenvalue weighted by Crippen LogP contribution is -2.65. The van der Waals surface area contributed by atoms with Gasteiger partial charge in [-0.2, -0.15) is 0 Å². The number of primary amides is 1. The highest BCUT2D eigenvalue weighted by atomic mass is 16.7. The molecule has 6 rings (SSSR count). The number of morpholine rings is 1. The molecule has 2 aliphatic heterocycles. The second kappa shape index (κ2) is 11.0. The van der Waals surface area contributed by atoms with Gasteiger partial charge in [0.2, 0.25) is 11.8 Å². The van der Waals surface area contributed by atoms with Crippen LogP contribution < -0.4 is 11.1 Å². The number of rotatable bonds is 9. The van der Waals surface area contributed by atoms with Gasteiger partial charge in [0.15, 0.2) is 0 Å². The molecule has 40 heavy (non-hydrogen) atoms. The standard InChI is InChI=1S/C28H42BN5O6/c1-16(2)12-21(29-39-20-14-17-13-19(27(17,3)4)28(20,5)40-29)33-26(37)18(15-22(35)34-8-10-38-11-9-34)23-24(25(30)36)32-7-6-31-23/h6-7,16-21H,8-15H2,1-5H3,(H2,30,36)(H,33,37)/t17-,18+,19-,20+,21-,28-/m0/s1. The molecule has 3 heterocycles. The van der Waals surface area contributed by atoms with E-state index in [1.54, 1.807) is 4.90 Å². The predicted octanol–water partition coefficient (Wildman–Crippen LogP) is 1.71. The van der Waals surface area contributed by atoms with E-state index in [4.69, 9.17) is 19.8 Å².